The van der Waals surface area contributed by atoms with Crippen molar-refractivity contribution in [1.29, 1.82) is 0 Å². The third-order valence-electron chi connectivity index (χ3n) is 3.80. The van der Waals surface area contributed by atoms with Crippen molar-refractivity contribution in [2.75, 3.05) is 0 Å². The highest BCUT2D eigenvalue weighted by atomic mass is 79.9. The maximum atomic E-state index is 12.3. The summed E-state index contributed by atoms with van der Waals surface area (Å²) in [4.78, 5) is 16.8. The molecule has 0 radical (unpaired) electrons. The molecule has 0 atom stereocenters. The molecule has 0 fully saturated rings. The fourth-order valence-corrected chi connectivity index (χ4v) is 3.84. The van der Waals surface area contributed by atoms with Gasteiger partial charge in [0.1, 0.15) is 5.65 Å². The highest BCUT2D eigenvalue weighted by Crippen LogP contribution is 2.26. The molecule has 0 saturated carbocycles. The minimum Gasteiger partial charge on any atom is -0.461 e. The van der Waals surface area contributed by atoms with E-state index in [-0.39, 0.29) is 5.56 Å². The quantitative estimate of drug-likeness (QED) is 0.449. The van der Waals surface area contributed by atoms with Crippen LogP contribution in [-0.2, 0) is 12.3 Å². The number of hydrogen-bond acceptors (Lipinski definition) is 6. The molecule has 0 bridgehead atoms. The molecular weight excluding hydrogens is 418 g/mol. The van der Waals surface area contributed by atoms with Crippen molar-refractivity contribution in [3.63, 3.8) is 0 Å². The van der Waals surface area contributed by atoms with Crippen molar-refractivity contribution in [2.24, 2.45) is 0 Å². The van der Waals surface area contributed by atoms with Crippen molar-refractivity contribution in [2.45, 2.75) is 24.4 Å². The smallest absolute Gasteiger partial charge is 0.258 e. The van der Waals surface area contributed by atoms with Crippen molar-refractivity contribution < 1.29 is 4.42 Å². The topological polar surface area (TPSA) is 78.2 Å². The average Bonchev–Trinajstić information content (AvgIpc) is 3.29. The number of pyridine rings is 1. The molecule has 132 valence electrons. The standard InChI is InChI=1S/C17H14BrN5O2S/c1-2-22-16(13-4-3-7-25-13)20-21-17(22)26-10-12-8-15(24)23-9-11(18)5-6-14(23)19-12/h3-9H,2,10H2,1H3. The molecule has 0 N–H and O–H groups in total. The van der Waals surface area contributed by atoms with E-state index in [0.717, 1.165) is 9.63 Å². The summed E-state index contributed by atoms with van der Waals surface area (Å²) in [6.07, 6.45) is 3.33. The Hall–Kier alpha value is -2.39. The molecular formula is C17H14BrN5O2S. The molecule has 0 amide bonds. The Morgan fingerprint density at radius 3 is 2.92 bits per heavy atom. The Bertz CT molecular complexity index is 1120. The van der Waals surface area contributed by atoms with E-state index in [2.05, 4.69) is 31.1 Å². The Kier molecular flexibility index (Phi) is 4.64. The van der Waals surface area contributed by atoms with Gasteiger partial charge >= 0.3 is 0 Å². The summed E-state index contributed by atoms with van der Waals surface area (Å²) in [5.74, 6) is 1.90. The highest BCUT2D eigenvalue weighted by molar-refractivity contribution is 9.10. The molecule has 0 aromatic carbocycles. The molecule has 0 spiro atoms. The molecule has 0 unspecified atom stereocenters. The first-order chi connectivity index (χ1) is 12.7. The molecule has 0 saturated heterocycles. The summed E-state index contributed by atoms with van der Waals surface area (Å²) in [6, 6.07) is 8.90. The molecule has 26 heavy (non-hydrogen) atoms. The van der Waals surface area contributed by atoms with Gasteiger partial charge in [0, 0.05) is 29.0 Å². The lowest BCUT2D eigenvalue weighted by molar-refractivity contribution is 0.567. The normalized spacial score (nSPS) is 11.3. The summed E-state index contributed by atoms with van der Waals surface area (Å²) >= 11 is 4.85. The van der Waals surface area contributed by atoms with Crippen molar-refractivity contribution in [3.05, 3.63) is 63.3 Å². The van der Waals surface area contributed by atoms with Crippen LogP contribution < -0.4 is 5.56 Å². The Morgan fingerprint density at radius 2 is 2.15 bits per heavy atom. The van der Waals surface area contributed by atoms with Crippen LogP contribution in [0, 0.1) is 0 Å². The predicted octanol–water partition coefficient (Wildman–Crippen LogP) is 3.62. The maximum Gasteiger partial charge on any atom is 0.258 e. The minimum absolute atomic E-state index is 0.111. The average molecular weight is 432 g/mol. The summed E-state index contributed by atoms with van der Waals surface area (Å²) in [5, 5.41) is 9.24. The molecule has 9 heteroatoms. The Balaban J connectivity index is 1.61. The van der Waals surface area contributed by atoms with Crippen LogP contribution in [0.25, 0.3) is 17.2 Å². The van der Waals surface area contributed by atoms with Gasteiger partial charge in [-0.2, -0.15) is 0 Å². The van der Waals surface area contributed by atoms with Crippen LogP contribution in [0.4, 0.5) is 0 Å². The fourth-order valence-electron chi connectivity index (χ4n) is 2.61. The number of furan rings is 1. The molecule has 0 aliphatic rings. The van der Waals surface area contributed by atoms with E-state index in [1.54, 1.807) is 18.5 Å². The number of hydrogen-bond donors (Lipinski definition) is 0. The van der Waals surface area contributed by atoms with Gasteiger partial charge in [-0.05, 0) is 47.1 Å². The first kappa shape index (κ1) is 17.0. The van der Waals surface area contributed by atoms with Crippen molar-refractivity contribution in [1.82, 2.24) is 24.1 Å². The number of rotatable bonds is 5. The predicted molar refractivity (Wildman–Crippen MR) is 102 cm³/mol. The summed E-state index contributed by atoms with van der Waals surface area (Å²) in [5.41, 5.74) is 1.21. The van der Waals surface area contributed by atoms with E-state index in [1.807, 2.05) is 35.8 Å². The second-order valence-corrected chi connectivity index (χ2v) is 7.34. The van der Waals surface area contributed by atoms with Crippen LogP contribution in [0.1, 0.15) is 12.6 Å². The lowest BCUT2D eigenvalue weighted by Gasteiger charge is -2.06. The second kappa shape index (κ2) is 7.08. The number of thioether (sulfide) groups is 1. The van der Waals surface area contributed by atoms with Gasteiger partial charge in [0.15, 0.2) is 16.7 Å². The lowest BCUT2D eigenvalue weighted by Crippen LogP contribution is -2.15. The molecule has 0 aliphatic heterocycles. The van der Waals surface area contributed by atoms with Gasteiger partial charge in [-0.25, -0.2) is 4.98 Å². The zero-order valence-electron chi connectivity index (χ0n) is 13.8. The lowest BCUT2D eigenvalue weighted by atomic mass is 10.4. The Morgan fingerprint density at radius 1 is 1.27 bits per heavy atom. The van der Waals surface area contributed by atoms with Crippen molar-refractivity contribution >= 4 is 33.3 Å². The van der Waals surface area contributed by atoms with Crippen LogP contribution in [0.15, 0.2) is 61.6 Å². The van der Waals surface area contributed by atoms with Crippen molar-refractivity contribution in [3.8, 4) is 11.6 Å². The van der Waals surface area contributed by atoms with Gasteiger partial charge in [-0.1, -0.05) is 11.8 Å². The highest BCUT2D eigenvalue weighted by Gasteiger charge is 2.15. The summed E-state index contributed by atoms with van der Waals surface area (Å²) in [7, 11) is 0. The van der Waals surface area contributed by atoms with E-state index in [9.17, 15) is 4.79 Å². The minimum atomic E-state index is -0.111. The van der Waals surface area contributed by atoms with E-state index in [1.165, 1.54) is 16.2 Å². The molecule has 7 nitrogen and oxygen atoms in total. The van der Waals surface area contributed by atoms with Gasteiger partial charge in [0.2, 0.25) is 0 Å². The van der Waals surface area contributed by atoms with Gasteiger partial charge < -0.3 is 4.42 Å². The molecule has 4 rings (SSSR count). The van der Waals surface area contributed by atoms with Gasteiger partial charge in [-0.15, -0.1) is 10.2 Å². The van der Waals surface area contributed by atoms with E-state index in [4.69, 9.17) is 4.42 Å². The first-order valence-corrected chi connectivity index (χ1v) is 9.71. The van der Waals surface area contributed by atoms with Gasteiger partial charge in [0.05, 0.1) is 12.0 Å². The SMILES string of the molecule is CCn1c(SCc2cc(=O)n3cc(Br)ccc3n2)nnc1-c1ccco1. The van der Waals surface area contributed by atoms with Crippen LogP contribution in [-0.4, -0.2) is 24.1 Å². The van der Waals surface area contributed by atoms with Crippen LogP contribution >= 0.6 is 27.7 Å². The molecule has 4 aromatic heterocycles. The van der Waals surface area contributed by atoms with Crippen LogP contribution in [0.2, 0.25) is 0 Å². The van der Waals surface area contributed by atoms with E-state index in [0.29, 0.717) is 35.2 Å². The monoisotopic (exact) mass is 431 g/mol. The van der Waals surface area contributed by atoms with Gasteiger partial charge in [0.25, 0.3) is 5.56 Å². The number of nitrogens with zero attached hydrogens (tertiary/aromatic N) is 5. The molecule has 0 aliphatic carbocycles. The largest absolute Gasteiger partial charge is 0.461 e. The third-order valence-corrected chi connectivity index (χ3v) is 5.27. The summed E-state index contributed by atoms with van der Waals surface area (Å²) < 4.78 is 9.75. The summed E-state index contributed by atoms with van der Waals surface area (Å²) in [6.45, 7) is 2.74. The number of fused-ring (bicyclic) bond motifs is 1. The van der Waals surface area contributed by atoms with E-state index >= 15 is 0 Å². The van der Waals surface area contributed by atoms with Gasteiger partial charge in [-0.3, -0.25) is 13.8 Å². The number of halogens is 1. The van der Waals surface area contributed by atoms with E-state index < -0.39 is 0 Å². The molecule has 4 heterocycles. The number of aromatic nitrogens is 5. The first-order valence-electron chi connectivity index (χ1n) is 7.93. The zero-order valence-corrected chi connectivity index (χ0v) is 16.2. The van der Waals surface area contributed by atoms with Crippen LogP contribution in [0.5, 0.6) is 0 Å². The van der Waals surface area contributed by atoms with Crippen LogP contribution in [0.3, 0.4) is 0 Å². The third kappa shape index (κ3) is 3.19. The molecule has 4 aromatic rings. The Labute approximate surface area is 161 Å². The maximum absolute atomic E-state index is 12.3. The zero-order chi connectivity index (χ0) is 18.1. The fraction of sp³-hybridized carbons (Fsp3) is 0.176. The second-order valence-electron chi connectivity index (χ2n) is 5.48.